The summed E-state index contributed by atoms with van der Waals surface area (Å²) in [5.41, 5.74) is 2.23. The van der Waals surface area contributed by atoms with Crippen molar-refractivity contribution in [2.45, 2.75) is 46.1 Å². The van der Waals surface area contributed by atoms with Gasteiger partial charge in [0.25, 0.3) is 0 Å². The van der Waals surface area contributed by atoms with Crippen LogP contribution in [0.1, 0.15) is 37.8 Å². The summed E-state index contributed by atoms with van der Waals surface area (Å²) in [4.78, 5) is 27.2. The minimum Gasteiger partial charge on any atom is -0.355 e. The molecule has 0 aromatic heterocycles. The fourth-order valence-corrected chi connectivity index (χ4v) is 4.93. The molecule has 1 N–H and O–H groups in total. The minimum atomic E-state index is -3.57. The van der Waals surface area contributed by atoms with E-state index in [0.29, 0.717) is 42.2 Å². The predicted molar refractivity (Wildman–Crippen MR) is 138 cm³/mol. The van der Waals surface area contributed by atoms with Crippen molar-refractivity contribution in [1.29, 1.82) is 0 Å². The predicted octanol–water partition coefficient (Wildman–Crippen LogP) is 3.79. The summed E-state index contributed by atoms with van der Waals surface area (Å²) in [6, 6.07) is 14.3. The van der Waals surface area contributed by atoms with Gasteiger partial charge in [0.05, 0.1) is 11.9 Å². The summed E-state index contributed by atoms with van der Waals surface area (Å²) in [6.45, 7) is 6.31. The van der Waals surface area contributed by atoms with E-state index in [9.17, 15) is 18.0 Å². The Morgan fingerprint density at radius 1 is 1.06 bits per heavy atom. The van der Waals surface area contributed by atoms with Gasteiger partial charge in [-0.05, 0) is 56.9 Å². The van der Waals surface area contributed by atoms with Gasteiger partial charge in [0.2, 0.25) is 21.8 Å². The maximum Gasteiger partial charge on any atom is 0.242 e. The van der Waals surface area contributed by atoms with Gasteiger partial charge in [-0.2, -0.15) is 0 Å². The molecule has 0 saturated heterocycles. The largest absolute Gasteiger partial charge is 0.355 e. The number of anilines is 1. The van der Waals surface area contributed by atoms with Crippen LogP contribution in [-0.4, -0.2) is 57.1 Å². The molecular weight excluding hydrogens is 474 g/mol. The van der Waals surface area contributed by atoms with Crippen molar-refractivity contribution in [3.63, 3.8) is 0 Å². The molecule has 0 aliphatic carbocycles. The highest BCUT2D eigenvalue weighted by Crippen LogP contribution is 2.28. The number of likely N-dealkylation sites (N-methyl/N-ethyl adjacent to an activating group) is 1. The molecule has 0 aliphatic rings. The third-order valence-electron chi connectivity index (χ3n) is 5.66. The van der Waals surface area contributed by atoms with E-state index in [2.05, 4.69) is 5.32 Å². The van der Waals surface area contributed by atoms with Crippen molar-refractivity contribution in [1.82, 2.24) is 10.2 Å². The normalized spacial score (nSPS) is 12.1. The van der Waals surface area contributed by atoms with Crippen LogP contribution in [0.15, 0.2) is 48.5 Å². The lowest BCUT2D eigenvalue weighted by molar-refractivity contribution is -0.139. The molecule has 0 bridgehead atoms. The van der Waals surface area contributed by atoms with E-state index in [1.54, 1.807) is 36.9 Å². The topological polar surface area (TPSA) is 86.8 Å². The van der Waals surface area contributed by atoms with Crippen molar-refractivity contribution in [2.24, 2.45) is 0 Å². The Morgan fingerprint density at radius 2 is 1.74 bits per heavy atom. The molecule has 0 unspecified atom stereocenters. The lowest BCUT2D eigenvalue weighted by Gasteiger charge is -2.29. The summed E-state index contributed by atoms with van der Waals surface area (Å²) in [7, 11) is -3.57. The smallest absolute Gasteiger partial charge is 0.242 e. The van der Waals surface area contributed by atoms with Gasteiger partial charge in [-0.1, -0.05) is 48.0 Å². The molecule has 2 aromatic rings. The van der Waals surface area contributed by atoms with E-state index < -0.39 is 16.1 Å². The first-order valence-corrected chi connectivity index (χ1v) is 13.6. The van der Waals surface area contributed by atoms with E-state index in [4.69, 9.17) is 11.6 Å². The number of carbonyl (C=O) groups excluding carboxylic acids is 2. The zero-order chi connectivity index (χ0) is 25.3. The van der Waals surface area contributed by atoms with Crippen LogP contribution in [0.5, 0.6) is 0 Å². The number of amides is 2. The summed E-state index contributed by atoms with van der Waals surface area (Å²) in [5, 5.41) is 3.25. The summed E-state index contributed by atoms with van der Waals surface area (Å²) in [5.74, 6) is -0.401. The standard InChI is InChI=1S/C25H34ClN3O4S/c1-5-27-25(31)20(3)28(18-16-21-11-7-6-8-12-21)24(30)15-10-17-29(34(4,32)33)23-14-9-13-22(26)19(23)2/h6-9,11-14,20H,5,10,15-18H2,1-4H3,(H,27,31)/t20-/m1/s1. The Bertz CT molecular complexity index is 1080. The fraction of sp³-hybridized carbons (Fsp3) is 0.440. The Kier molecular flexibility index (Phi) is 10.4. The molecular formula is C25H34ClN3O4S. The quantitative estimate of drug-likeness (QED) is 0.473. The van der Waals surface area contributed by atoms with Crippen LogP contribution in [-0.2, 0) is 26.0 Å². The molecule has 1 atom stereocenters. The Hall–Kier alpha value is -2.58. The van der Waals surface area contributed by atoms with Crippen LogP contribution >= 0.6 is 11.6 Å². The number of carbonyl (C=O) groups is 2. The highest BCUT2D eigenvalue weighted by Gasteiger charge is 2.26. The molecule has 7 nitrogen and oxygen atoms in total. The highest BCUT2D eigenvalue weighted by molar-refractivity contribution is 7.92. The molecule has 34 heavy (non-hydrogen) atoms. The third kappa shape index (κ3) is 7.74. The maximum atomic E-state index is 13.2. The molecule has 0 radical (unpaired) electrons. The maximum absolute atomic E-state index is 13.2. The summed E-state index contributed by atoms with van der Waals surface area (Å²) >= 11 is 6.19. The average molecular weight is 508 g/mol. The third-order valence-corrected chi connectivity index (χ3v) is 7.25. The van der Waals surface area contributed by atoms with Gasteiger partial charge in [0, 0.05) is 31.1 Å². The molecule has 9 heteroatoms. The Labute approximate surface area is 208 Å². The fourth-order valence-electron chi connectivity index (χ4n) is 3.74. The SMILES string of the molecule is CCNC(=O)[C@@H](C)N(CCc1ccccc1)C(=O)CCCN(c1cccc(Cl)c1C)S(C)(=O)=O. The average Bonchev–Trinajstić information content (AvgIpc) is 2.79. The van der Waals surface area contributed by atoms with Gasteiger partial charge in [-0.3, -0.25) is 13.9 Å². The van der Waals surface area contributed by atoms with Gasteiger partial charge in [-0.15, -0.1) is 0 Å². The molecule has 0 heterocycles. The monoisotopic (exact) mass is 507 g/mol. The first-order valence-electron chi connectivity index (χ1n) is 11.4. The number of benzene rings is 2. The molecule has 186 valence electrons. The Balaban J connectivity index is 2.13. The van der Waals surface area contributed by atoms with E-state index in [1.165, 1.54) is 4.31 Å². The van der Waals surface area contributed by atoms with Crippen molar-refractivity contribution in [3.05, 3.63) is 64.7 Å². The number of nitrogens with one attached hydrogen (secondary N) is 1. The second-order valence-electron chi connectivity index (χ2n) is 8.22. The van der Waals surface area contributed by atoms with E-state index in [0.717, 1.165) is 11.8 Å². The van der Waals surface area contributed by atoms with Crippen LogP contribution in [0.25, 0.3) is 0 Å². The number of hydrogen-bond donors (Lipinski definition) is 1. The summed E-state index contributed by atoms with van der Waals surface area (Å²) in [6.07, 6.45) is 2.18. The van der Waals surface area contributed by atoms with Crippen LogP contribution in [0, 0.1) is 6.92 Å². The van der Waals surface area contributed by atoms with Crippen LogP contribution < -0.4 is 9.62 Å². The highest BCUT2D eigenvalue weighted by atomic mass is 35.5. The van der Waals surface area contributed by atoms with Crippen molar-refractivity contribution >= 4 is 39.1 Å². The zero-order valence-electron chi connectivity index (χ0n) is 20.3. The molecule has 2 aromatic carbocycles. The number of sulfonamides is 1. The second kappa shape index (κ2) is 12.8. The second-order valence-corrected chi connectivity index (χ2v) is 10.5. The molecule has 2 rings (SSSR count). The molecule has 0 saturated carbocycles. The van der Waals surface area contributed by atoms with Crippen LogP contribution in [0.2, 0.25) is 5.02 Å². The first-order chi connectivity index (χ1) is 16.1. The van der Waals surface area contributed by atoms with Gasteiger partial charge in [0.1, 0.15) is 6.04 Å². The van der Waals surface area contributed by atoms with Crippen LogP contribution in [0.3, 0.4) is 0 Å². The molecule has 0 aliphatic heterocycles. The summed E-state index contributed by atoms with van der Waals surface area (Å²) < 4.78 is 26.2. The van der Waals surface area contributed by atoms with Crippen molar-refractivity contribution in [2.75, 3.05) is 30.2 Å². The number of hydrogen-bond acceptors (Lipinski definition) is 4. The first kappa shape index (κ1) is 27.7. The zero-order valence-corrected chi connectivity index (χ0v) is 21.8. The number of nitrogens with zero attached hydrogens (tertiary/aromatic N) is 2. The van der Waals surface area contributed by atoms with Gasteiger partial charge < -0.3 is 10.2 Å². The van der Waals surface area contributed by atoms with Gasteiger partial charge >= 0.3 is 0 Å². The van der Waals surface area contributed by atoms with Crippen molar-refractivity contribution < 1.29 is 18.0 Å². The van der Waals surface area contributed by atoms with Gasteiger partial charge in [-0.25, -0.2) is 8.42 Å². The lowest BCUT2D eigenvalue weighted by Crippen LogP contribution is -2.48. The van der Waals surface area contributed by atoms with E-state index in [-0.39, 0.29) is 24.8 Å². The molecule has 2 amide bonds. The van der Waals surface area contributed by atoms with Crippen molar-refractivity contribution in [3.8, 4) is 0 Å². The van der Waals surface area contributed by atoms with E-state index >= 15 is 0 Å². The number of halogens is 1. The Morgan fingerprint density at radius 3 is 2.35 bits per heavy atom. The van der Waals surface area contributed by atoms with E-state index in [1.807, 2.05) is 37.3 Å². The molecule has 0 spiro atoms. The lowest BCUT2D eigenvalue weighted by atomic mass is 10.1. The molecule has 0 fully saturated rings. The number of rotatable bonds is 12. The minimum absolute atomic E-state index is 0.115. The van der Waals surface area contributed by atoms with Crippen LogP contribution in [0.4, 0.5) is 5.69 Å². The van der Waals surface area contributed by atoms with Gasteiger partial charge in [0.15, 0.2) is 0 Å².